The highest BCUT2D eigenvalue weighted by Gasteiger charge is 2.47. The van der Waals surface area contributed by atoms with E-state index in [4.69, 9.17) is 0 Å². The third-order valence-electron chi connectivity index (χ3n) is 5.30. The van der Waals surface area contributed by atoms with Crippen molar-refractivity contribution in [2.75, 3.05) is 29.9 Å². The molecule has 0 aromatic heterocycles. The van der Waals surface area contributed by atoms with Crippen LogP contribution in [-0.4, -0.2) is 31.4 Å². The fraction of sp³-hybridized carbons (Fsp3) is 0.600. The van der Waals surface area contributed by atoms with Crippen molar-refractivity contribution in [2.24, 2.45) is 17.8 Å². The molecule has 1 heterocycles. The molecule has 5 nitrogen and oxygen atoms in total. The Morgan fingerprint density at radius 2 is 1.72 bits per heavy atom. The Bertz CT molecular complexity index is 606. The van der Waals surface area contributed by atoms with Gasteiger partial charge in [-0.25, -0.2) is 0 Å². The van der Waals surface area contributed by atoms with E-state index in [2.05, 4.69) is 34.6 Å². The molecule has 2 unspecified atom stereocenters. The van der Waals surface area contributed by atoms with Crippen LogP contribution >= 0.6 is 0 Å². The van der Waals surface area contributed by atoms with E-state index >= 15 is 0 Å². The zero-order valence-corrected chi connectivity index (χ0v) is 15.3. The minimum Gasteiger partial charge on any atom is -0.372 e. The van der Waals surface area contributed by atoms with Crippen molar-refractivity contribution < 1.29 is 9.59 Å². The van der Waals surface area contributed by atoms with Gasteiger partial charge in [-0.3, -0.25) is 9.59 Å². The summed E-state index contributed by atoms with van der Waals surface area (Å²) in [4.78, 5) is 26.6. The number of carbonyl (C=O) groups excluding carboxylic acids is 2. The second-order valence-electron chi connectivity index (χ2n) is 7.45. The molecule has 5 heteroatoms. The van der Waals surface area contributed by atoms with Gasteiger partial charge in [0.15, 0.2) is 0 Å². The molecule has 2 aliphatic rings. The number of hydrogen-bond donors (Lipinski definition) is 2. The maximum Gasteiger partial charge on any atom is 0.228 e. The van der Waals surface area contributed by atoms with Crippen LogP contribution in [0.25, 0.3) is 0 Å². The van der Waals surface area contributed by atoms with Crippen LogP contribution in [0.2, 0.25) is 0 Å². The lowest BCUT2D eigenvalue weighted by atomic mass is 9.99. The summed E-state index contributed by atoms with van der Waals surface area (Å²) in [6, 6.07) is 8.06. The molecule has 2 amide bonds. The number of rotatable bonds is 6. The fourth-order valence-corrected chi connectivity index (χ4v) is 3.41. The molecular weight excluding hydrogens is 314 g/mol. The standard InChI is InChI=1S/C20H29N3O2/c1-3-10-21-19(24)17-13-18(17)20(25)22-15-4-6-16(7-5-15)23-11-8-14(2)9-12-23/h4-7,14,17-18H,3,8-13H2,1-2H3,(H,21,24)(H,22,25). The first-order chi connectivity index (χ1) is 12.1. The van der Waals surface area contributed by atoms with Gasteiger partial charge < -0.3 is 15.5 Å². The number of carbonyl (C=O) groups is 2. The van der Waals surface area contributed by atoms with Crippen LogP contribution < -0.4 is 15.5 Å². The summed E-state index contributed by atoms with van der Waals surface area (Å²) in [5.74, 6) is 0.449. The molecule has 2 atom stereocenters. The quantitative estimate of drug-likeness (QED) is 0.835. The number of nitrogens with one attached hydrogen (secondary N) is 2. The minimum atomic E-state index is -0.180. The Labute approximate surface area is 150 Å². The smallest absolute Gasteiger partial charge is 0.228 e. The molecule has 0 spiro atoms. The summed E-state index contributed by atoms with van der Waals surface area (Å²) in [7, 11) is 0. The normalized spacial score (nSPS) is 23.2. The van der Waals surface area contributed by atoms with E-state index in [1.165, 1.54) is 18.5 Å². The van der Waals surface area contributed by atoms with E-state index in [1.54, 1.807) is 0 Å². The highest BCUT2D eigenvalue weighted by atomic mass is 16.2. The Morgan fingerprint density at radius 1 is 1.08 bits per heavy atom. The second kappa shape index (κ2) is 7.89. The summed E-state index contributed by atoms with van der Waals surface area (Å²) >= 11 is 0. The summed E-state index contributed by atoms with van der Waals surface area (Å²) in [5, 5.41) is 5.81. The first kappa shape index (κ1) is 17.8. The molecule has 1 aromatic rings. The zero-order chi connectivity index (χ0) is 17.8. The van der Waals surface area contributed by atoms with E-state index in [1.807, 2.05) is 19.1 Å². The monoisotopic (exact) mass is 343 g/mol. The Kier molecular flexibility index (Phi) is 5.61. The van der Waals surface area contributed by atoms with Crippen molar-refractivity contribution in [3.05, 3.63) is 24.3 Å². The molecule has 1 saturated heterocycles. The maximum atomic E-state index is 12.3. The molecule has 1 aromatic carbocycles. The molecule has 25 heavy (non-hydrogen) atoms. The first-order valence-electron chi connectivity index (χ1n) is 9.52. The largest absolute Gasteiger partial charge is 0.372 e. The molecule has 3 rings (SSSR count). The van der Waals surface area contributed by atoms with Gasteiger partial charge in [0.2, 0.25) is 11.8 Å². The molecule has 1 aliphatic heterocycles. The van der Waals surface area contributed by atoms with Gasteiger partial charge in [-0.05, 0) is 55.9 Å². The van der Waals surface area contributed by atoms with Crippen molar-refractivity contribution >= 4 is 23.2 Å². The number of anilines is 2. The van der Waals surface area contributed by atoms with Gasteiger partial charge >= 0.3 is 0 Å². The van der Waals surface area contributed by atoms with Crippen molar-refractivity contribution in [3.8, 4) is 0 Å². The van der Waals surface area contributed by atoms with Gasteiger partial charge in [-0.15, -0.1) is 0 Å². The molecular formula is C20H29N3O2. The van der Waals surface area contributed by atoms with Crippen molar-refractivity contribution in [2.45, 2.75) is 39.5 Å². The van der Waals surface area contributed by atoms with Crippen LogP contribution in [-0.2, 0) is 9.59 Å². The Morgan fingerprint density at radius 3 is 2.36 bits per heavy atom. The van der Waals surface area contributed by atoms with E-state index in [-0.39, 0.29) is 23.7 Å². The third-order valence-corrected chi connectivity index (χ3v) is 5.30. The Hall–Kier alpha value is -2.04. The van der Waals surface area contributed by atoms with Crippen LogP contribution in [0.3, 0.4) is 0 Å². The average Bonchev–Trinajstić information content (AvgIpc) is 3.42. The second-order valence-corrected chi connectivity index (χ2v) is 7.45. The van der Waals surface area contributed by atoms with Crippen molar-refractivity contribution in [1.82, 2.24) is 5.32 Å². The molecule has 0 bridgehead atoms. The summed E-state index contributed by atoms with van der Waals surface area (Å²) in [6.07, 6.45) is 4.05. The average molecular weight is 343 g/mol. The number of amides is 2. The number of piperidine rings is 1. The zero-order valence-electron chi connectivity index (χ0n) is 15.3. The maximum absolute atomic E-state index is 12.3. The lowest BCUT2D eigenvalue weighted by Gasteiger charge is -2.32. The summed E-state index contributed by atoms with van der Waals surface area (Å²) < 4.78 is 0. The van der Waals surface area contributed by atoms with Gasteiger partial charge in [-0.2, -0.15) is 0 Å². The van der Waals surface area contributed by atoms with E-state index in [0.29, 0.717) is 13.0 Å². The first-order valence-corrected chi connectivity index (χ1v) is 9.52. The lowest BCUT2D eigenvalue weighted by molar-refractivity contribution is -0.125. The third kappa shape index (κ3) is 4.53. The van der Waals surface area contributed by atoms with Crippen LogP contribution in [0.4, 0.5) is 11.4 Å². The van der Waals surface area contributed by atoms with Gasteiger partial charge in [0, 0.05) is 31.0 Å². The number of benzene rings is 1. The van der Waals surface area contributed by atoms with Crippen molar-refractivity contribution in [3.63, 3.8) is 0 Å². The number of nitrogens with zero attached hydrogens (tertiary/aromatic N) is 1. The molecule has 2 fully saturated rings. The summed E-state index contributed by atoms with van der Waals surface area (Å²) in [6.45, 7) is 7.21. The van der Waals surface area contributed by atoms with Crippen LogP contribution in [0.5, 0.6) is 0 Å². The molecule has 0 radical (unpaired) electrons. The van der Waals surface area contributed by atoms with E-state index < -0.39 is 0 Å². The van der Waals surface area contributed by atoms with Crippen molar-refractivity contribution in [1.29, 1.82) is 0 Å². The highest BCUT2D eigenvalue weighted by Crippen LogP contribution is 2.39. The van der Waals surface area contributed by atoms with E-state index in [0.717, 1.165) is 31.1 Å². The highest BCUT2D eigenvalue weighted by molar-refractivity contribution is 5.99. The molecule has 136 valence electrons. The number of hydrogen-bond acceptors (Lipinski definition) is 3. The predicted octanol–water partition coefficient (Wildman–Crippen LogP) is 3.02. The van der Waals surface area contributed by atoms with Gasteiger partial charge in [0.25, 0.3) is 0 Å². The summed E-state index contributed by atoms with van der Waals surface area (Å²) in [5.41, 5.74) is 2.02. The molecule has 2 N–H and O–H groups in total. The lowest BCUT2D eigenvalue weighted by Crippen LogP contribution is -2.32. The van der Waals surface area contributed by atoms with Gasteiger partial charge in [0.1, 0.15) is 0 Å². The molecule has 1 saturated carbocycles. The van der Waals surface area contributed by atoms with Crippen LogP contribution in [0.15, 0.2) is 24.3 Å². The van der Waals surface area contributed by atoms with Crippen LogP contribution in [0.1, 0.15) is 39.5 Å². The van der Waals surface area contributed by atoms with E-state index in [9.17, 15) is 9.59 Å². The topological polar surface area (TPSA) is 61.4 Å². The van der Waals surface area contributed by atoms with Gasteiger partial charge in [0.05, 0.1) is 11.8 Å². The van der Waals surface area contributed by atoms with Gasteiger partial charge in [-0.1, -0.05) is 13.8 Å². The predicted molar refractivity (Wildman–Crippen MR) is 101 cm³/mol. The fourth-order valence-electron chi connectivity index (χ4n) is 3.41. The SMILES string of the molecule is CCCNC(=O)C1CC1C(=O)Nc1ccc(N2CCC(C)CC2)cc1. The Balaban J connectivity index is 1.49. The molecule has 1 aliphatic carbocycles. The minimum absolute atomic E-state index is 0.0108. The van der Waals surface area contributed by atoms with Crippen LogP contribution in [0, 0.1) is 17.8 Å².